The number of nitrogens with zero attached hydrogens (tertiary/aromatic N) is 1. The van der Waals surface area contributed by atoms with Gasteiger partial charge in [-0.25, -0.2) is 4.98 Å². The molecular formula is C24H23N3O4. The number of primary amides is 1. The molecule has 0 radical (unpaired) electrons. The third-order valence-corrected chi connectivity index (χ3v) is 5.94. The third kappa shape index (κ3) is 3.38. The van der Waals surface area contributed by atoms with E-state index in [1.54, 1.807) is 18.3 Å². The predicted octanol–water partition coefficient (Wildman–Crippen LogP) is 3.80. The molecular weight excluding hydrogens is 394 g/mol. The summed E-state index contributed by atoms with van der Waals surface area (Å²) >= 11 is 0. The first kappa shape index (κ1) is 19.1. The van der Waals surface area contributed by atoms with Crippen molar-refractivity contribution in [1.82, 2.24) is 4.98 Å². The van der Waals surface area contributed by atoms with Gasteiger partial charge in [-0.2, -0.15) is 0 Å². The number of carbonyl (C=O) groups is 2. The van der Waals surface area contributed by atoms with Gasteiger partial charge in [0, 0.05) is 18.8 Å². The van der Waals surface area contributed by atoms with Gasteiger partial charge in [0.05, 0.1) is 5.41 Å². The Morgan fingerprint density at radius 1 is 1.06 bits per heavy atom. The SMILES string of the molecule is Cc1cc(NC(=O)C2(c3ccc4c(c3)OCO4)CC2)ncc1-c1ccc(C(N)=O)cc1.[HH]. The van der Waals surface area contributed by atoms with Gasteiger partial charge < -0.3 is 20.5 Å². The van der Waals surface area contributed by atoms with Crippen molar-refractivity contribution >= 4 is 17.6 Å². The fourth-order valence-electron chi connectivity index (χ4n) is 3.94. The maximum absolute atomic E-state index is 13.1. The second kappa shape index (κ2) is 7.12. The molecule has 1 aliphatic heterocycles. The maximum atomic E-state index is 13.1. The van der Waals surface area contributed by atoms with Crippen LogP contribution in [0.2, 0.25) is 0 Å². The van der Waals surface area contributed by atoms with Crippen LogP contribution in [0.15, 0.2) is 54.7 Å². The standard InChI is InChI=1S/C24H21N3O4.H2/c1-14-10-21(26-12-18(14)15-2-4-16(5-3-15)22(25)28)27-23(29)24(8-9-24)17-6-7-19-20(11-17)31-13-30-19;/h2-7,10-12H,8-9,13H2,1H3,(H2,25,28)(H,26,27,29);1H. The molecule has 5 rings (SSSR count). The summed E-state index contributed by atoms with van der Waals surface area (Å²) in [5.41, 5.74) is 8.94. The number of amides is 2. The minimum atomic E-state index is -0.556. The number of hydrogen-bond acceptors (Lipinski definition) is 5. The number of pyridine rings is 1. The second-order valence-electron chi connectivity index (χ2n) is 7.93. The molecule has 1 aromatic heterocycles. The number of carbonyl (C=O) groups excluding carboxylic acids is 2. The minimum Gasteiger partial charge on any atom is -0.454 e. The van der Waals surface area contributed by atoms with Crippen molar-refractivity contribution in [3.8, 4) is 22.6 Å². The van der Waals surface area contributed by atoms with Crippen LogP contribution < -0.4 is 20.5 Å². The molecule has 1 fully saturated rings. The van der Waals surface area contributed by atoms with E-state index < -0.39 is 11.3 Å². The molecule has 3 N–H and O–H groups in total. The maximum Gasteiger partial charge on any atom is 0.248 e. The number of hydrogen-bond donors (Lipinski definition) is 2. The van der Waals surface area contributed by atoms with Gasteiger partial charge in [-0.15, -0.1) is 0 Å². The van der Waals surface area contributed by atoms with E-state index in [9.17, 15) is 9.59 Å². The number of ether oxygens (including phenoxy) is 2. The molecule has 1 aliphatic carbocycles. The fraction of sp³-hybridized carbons (Fsp3) is 0.208. The molecule has 7 nitrogen and oxygen atoms in total. The van der Waals surface area contributed by atoms with Crippen molar-refractivity contribution in [1.29, 1.82) is 0 Å². The highest BCUT2D eigenvalue weighted by Crippen LogP contribution is 2.51. The van der Waals surface area contributed by atoms with Gasteiger partial charge in [-0.3, -0.25) is 9.59 Å². The van der Waals surface area contributed by atoms with Crippen LogP contribution in [0.25, 0.3) is 11.1 Å². The van der Waals surface area contributed by atoms with Gasteiger partial charge in [0.2, 0.25) is 18.6 Å². The Bertz CT molecular complexity index is 1210. The molecule has 2 amide bonds. The van der Waals surface area contributed by atoms with Crippen molar-refractivity contribution in [3.63, 3.8) is 0 Å². The molecule has 0 atom stereocenters. The predicted molar refractivity (Wildman–Crippen MR) is 117 cm³/mol. The van der Waals surface area contributed by atoms with Crippen molar-refractivity contribution in [2.24, 2.45) is 5.73 Å². The van der Waals surface area contributed by atoms with E-state index in [1.807, 2.05) is 43.3 Å². The van der Waals surface area contributed by atoms with Crippen LogP contribution in [0.3, 0.4) is 0 Å². The summed E-state index contributed by atoms with van der Waals surface area (Å²) in [6, 6.07) is 14.6. The largest absolute Gasteiger partial charge is 0.454 e. The van der Waals surface area contributed by atoms with E-state index in [1.165, 1.54) is 0 Å². The molecule has 1 saturated carbocycles. The smallest absolute Gasteiger partial charge is 0.248 e. The molecule has 0 spiro atoms. The summed E-state index contributed by atoms with van der Waals surface area (Å²) < 4.78 is 10.8. The first-order chi connectivity index (χ1) is 15.0. The first-order valence-corrected chi connectivity index (χ1v) is 10.0. The van der Waals surface area contributed by atoms with Gasteiger partial charge in [0.15, 0.2) is 11.5 Å². The number of nitrogens with two attached hydrogens (primary N) is 1. The highest BCUT2D eigenvalue weighted by molar-refractivity contribution is 6.01. The zero-order valence-electron chi connectivity index (χ0n) is 17.0. The zero-order chi connectivity index (χ0) is 21.6. The van der Waals surface area contributed by atoms with Crippen LogP contribution in [0, 0.1) is 6.92 Å². The van der Waals surface area contributed by atoms with E-state index >= 15 is 0 Å². The summed E-state index contributed by atoms with van der Waals surface area (Å²) in [7, 11) is 0. The normalized spacial score (nSPS) is 15.4. The van der Waals surface area contributed by atoms with Crippen LogP contribution in [-0.2, 0) is 10.2 Å². The number of aryl methyl sites for hydroxylation is 1. The van der Waals surface area contributed by atoms with Crippen molar-refractivity contribution < 1.29 is 20.5 Å². The van der Waals surface area contributed by atoms with Gasteiger partial charge in [-0.1, -0.05) is 18.2 Å². The summed E-state index contributed by atoms with van der Waals surface area (Å²) in [5.74, 6) is 1.36. The van der Waals surface area contributed by atoms with E-state index in [4.69, 9.17) is 15.2 Å². The fourth-order valence-corrected chi connectivity index (χ4v) is 3.94. The van der Waals surface area contributed by atoms with Crippen LogP contribution in [0.5, 0.6) is 11.5 Å². The third-order valence-electron chi connectivity index (χ3n) is 5.94. The quantitative estimate of drug-likeness (QED) is 0.657. The number of fused-ring (bicyclic) bond motifs is 1. The lowest BCUT2D eigenvalue weighted by Crippen LogP contribution is -2.28. The van der Waals surface area contributed by atoms with E-state index in [2.05, 4.69) is 10.3 Å². The number of benzene rings is 2. The number of anilines is 1. The average Bonchev–Trinajstić information content (AvgIpc) is 3.45. The molecule has 2 heterocycles. The Morgan fingerprint density at radius 3 is 2.48 bits per heavy atom. The van der Waals surface area contributed by atoms with Crippen LogP contribution in [0.1, 0.15) is 35.8 Å². The van der Waals surface area contributed by atoms with Crippen LogP contribution in [-0.4, -0.2) is 23.6 Å². The summed E-state index contributed by atoms with van der Waals surface area (Å²) in [6.07, 6.45) is 3.29. The van der Waals surface area contributed by atoms with Gasteiger partial charge in [0.1, 0.15) is 5.82 Å². The zero-order valence-corrected chi connectivity index (χ0v) is 17.0. The Labute approximate surface area is 180 Å². The minimum absolute atomic E-state index is 0. The molecule has 0 bridgehead atoms. The van der Waals surface area contributed by atoms with Crippen LogP contribution >= 0.6 is 0 Å². The molecule has 2 aromatic carbocycles. The Morgan fingerprint density at radius 2 is 1.81 bits per heavy atom. The van der Waals surface area contributed by atoms with E-state index in [-0.39, 0.29) is 14.1 Å². The molecule has 0 unspecified atom stereocenters. The van der Waals surface area contributed by atoms with Crippen molar-refractivity contribution in [2.45, 2.75) is 25.2 Å². The Hall–Kier alpha value is -3.87. The molecule has 7 heteroatoms. The number of rotatable bonds is 5. The van der Waals surface area contributed by atoms with E-state index in [0.717, 1.165) is 35.1 Å². The van der Waals surface area contributed by atoms with Crippen molar-refractivity contribution in [2.75, 3.05) is 12.1 Å². The molecule has 3 aromatic rings. The van der Waals surface area contributed by atoms with Crippen LogP contribution in [0.4, 0.5) is 5.82 Å². The summed E-state index contributed by atoms with van der Waals surface area (Å²) in [6.45, 7) is 2.16. The lowest BCUT2D eigenvalue weighted by molar-refractivity contribution is -0.118. The second-order valence-corrected chi connectivity index (χ2v) is 7.93. The summed E-state index contributed by atoms with van der Waals surface area (Å²) in [5, 5.41) is 2.97. The number of nitrogens with one attached hydrogen (secondary N) is 1. The topological polar surface area (TPSA) is 104 Å². The first-order valence-electron chi connectivity index (χ1n) is 10.0. The van der Waals surface area contributed by atoms with Gasteiger partial charge >= 0.3 is 0 Å². The average molecular weight is 417 g/mol. The Kier molecular flexibility index (Phi) is 4.39. The lowest BCUT2D eigenvalue weighted by Gasteiger charge is -2.16. The van der Waals surface area contributed by atoms with E-state index in [0.29, 0.717) is 22.9 Å². The van der Waals surface area contributed by atoms with Gasteiger partial charge in [0.25, 0.3) is 0 Å². The lowest BCUT2D eigenvalue weighted by atomic mass is 9.94. The molecule has 2 aliphatic rings. The van der Waals surface area contributed by atoms with Gasteiger partial charge in [-0.05, 0) is 66.8 Å². The summed E-state index contributed by atoms with van der Waals surface area (Å²) in [4.78, 5) is 28.8. The monoisotopic (exact) mass is 417 g/mol. The van der Waals surface area contributed by atoms with Crippen molar-refractivity contribution in [3.05, 3.63) is 71.4 Å². The highest BCUT2D eigenvalue weighted by Gasteiger charge is 2.51. The Balaban J connectivity index is 0.00000245. The molecule has 0 saturated heterocycles. The highest BCUT2D eigenvalue weighted by atomic mass is 16.7. The molecule has 158 valence electrons. The molecule has 31 heavy (non-hydrogen) atoms. The number of aromatic nitrogens is 1.